The van der Waals surface area contributed by atoms with Crippen LogP contribution in [0.5, 0.6) is 11.5 Å². The number of rotatable bonds is 9. The maximum atomic E-state index is 12.3. The van der Waals surface area contributed by atoms with Gasteiger partial charge in [0.25, 0.3) is 11.5 Å². The number of ether oxygens (including phenoxy) is 2. The van der Waals surface area contributed by atoms with Crippen molar-refractivity contribution in [2.45, 2.75) is 26.5 Å². The van der Waals surface area contributed by atoms with Crippen LogP contribution in [0.15, 0.2) is 53.8 Å². The van der Waals surface area contributed by atoms with Gasteiger partial charge in [0.05, 0.1) is 13.2 Å². The zero-order chi connectivity index (χ0) is 20.6. The predicted octanol–water partition coefficient (Wildman–Crippen LogP) is 0.806. The molecule has 152 valence electrons. The molecule has 1 N–H and O–H groups in total. The van der Waals surface area contributed by atoms with Crippen LogP contribution in [-0.4, -0.2) is 49.7 Å². The third-order valence-corrected chi connectivity index (χ3v) is 3.95. The van der Waals surface area contributed by atoms with E-state index < -0.39 is 6.10 Å². The number of carbonyl (C=O) groups is 1. The van der Waals surface area contributed by atoms with Gasteiger partial charge in [-0.25, -0.2) is 14.3 Å². The lowest BCUT2D eigenvalue weighted by Gasteiger charge is -2.15. The van der Waals surface area contributed by atoms with Crippen molar-refractivity contribution in [3.05, 3.63) is 59.4 Å². The van der Waals surface area contributed by atoms with Gasteiger partial charge < -0.3 is 14.8 Å². The zero-order valence-corrected chi connectivity index (χ0v) is 16.2. The van der Waals surface area contributed by atoms with Crippen LogP contribution in [-0.2, 0) is 11.3 Å². The summed E-state index contributed by atoms with van der Waals surface area (Å²) in [5.74, 6) is 1.47. The minimum atomic E-state index is -0.695. The number of benzene rings is 1. The van der Waals surface area contributed by atoms with E-state index in [0.717, 1.165) is 5.75 Å². The molecule has 0 spiro atoms. The van der Waals surface area contributed by atoms with Gasteiger partial charge in [-0.2, -0.15) is 5.10 Å². The summed E-state index contributed by atoms with van der Waals surface area (Å²) >= 11 is 0. The van der Waals surface area contributed by atoms with Gasteiger partial charge in [0.15, 0.2) is 11.9 Å². The molecule has 1 aromatic carbocycles. The van der Waals surface area contributed by atoms with Crippen molar-refractivity contribution < 1.29 is 14.3 Å². The highest BCUT2D eigenvalue weighted by Crippen LogP contribution is 2.18. The predicted molar refractivity (Wildman–Crippen MR) is 104 cm³/mol. The van der Waals surface area contributed by atoms with Gasteiger partial charge in [0, 0.05) is 12.6 Å². The molecule has 3 rings (SSSR count). The largest absolute Gasteiger partial charge is 0.494 e. The van der Waals surface area contributed by atoms with E-state index in [9.17, 15) is 9.59 Å². The van der Waals surface area contributed by atoms with E-state index in [4.69, 9.17) is 9.47 Å². The van der Waals surface area contributed by atoms with Gasteiger partial charge in [-0.1, -0.05) is 0 Å². The van der Waals surface area contributed by atoms with Gasteiger partial charge in [0.1, 0.15) is 24.2 Å². The lowest BCUT2D eigenvalue weighted by molar-refractivity contribution is -0.127. The van der Waals surface area contributed by atoms with E-state index in [1.165, 1.54) is 28.1 Å². The Morgan fingerprint density at radius 3 is 2.62 bits per heavy atom. The lowest BCUT2D eigenvalue weighted by Crippen LogP contribution is -2.39. The molecule has 2 aromatic heterocycles. The standard InChI is InChI=1S/C19H22N6O4/c1-3-28-15-4-6-16(7-5-15)29-14(2)19(27)21-10-11-24-18(26)9-8-17(23-24)25-13-20-12-22-25/h4-9,12-14H,3,10-11H2,1-2H3,(H,21,27). The Hall–Kier alpha value is -3.69. The number of nitrogens with zero attached hydrogens (tertiary/aromatic N) is 5. The second kappa shape index (κ2) is 9.49. The van der Waals surface area contributed by atoms with Gasteiger partial charge in [-0.05, 0) is 44.2 Å². The molecule has 10 heteroatoms. The molecular weight excluding hydrogens is 376 g/mol. The summed E-state index contributed by atoms with van der Waals surface area (Å²) in [6.07, 6.45) is 2.17. The molecule has 0 aliphatic heterocycles. The highest BCUT2D eigenvalue weighted by atomic mass is 16.5. The Morgan fingerprint density at radius 1 is 1.17 bits per heavy atom. The third-order valence-electron chi connectivity index (χ3n) is 3.95. The highest BCUT2D eigenvalue weighted by molar-refractivity contribution is 5.80. The fraction of sp³-hybridized carbons (Fsp3) is 0.316. The maximum absolute atomic E-state index is 12.3. The first kappa shape index (κ1) is 20.1. The normalized spacial score (nSPS) is 11.7. The summed E-state index contributed by atoms with van der Waals surface area (Å²) in [5, 5.41) is 10.9. The molecule has 0 aliphatic carbocycles. The first-order valence-electron chi connectivity index (χ1n) is 9.17. The number of nitrogens with one attached hydrogen (secondary N) is 1. The molecule has 3 aromatic rings. The number of aromatic nitrogens is 5. The van der Waals surface area contributed by atoms with E-state index in [2.05, 4.69) is 20.5 Å². The summed E-state index contributed by atoms with van der Waals surface area (Å²) in [6, 6.07) is 10.00. The third kappa shape index (κ3) is 5.41. The topological polar surface area (TPSA) is 113 Å². The molecular formula is C19H22N6O4. The molecule has 1 amide bonds. The Balaban J connectivity index is 1.51. The van der Waals surface area contributed by atoms with Crippen LogP contribution in [0.2, 0.25) is 0 Å². The fourth-order valence-electron chi connectivity index (χ4n) is 2.51. The van der Waals surface area contributed by atoms with E-state index in [1.807, 2.05) is 6.92 Å². The minimum Gasteiger partial charge on any atom is -0.494 e. The summed E-state index contributed by atoms with van der Waals surface area (Å²) in [7, 11) is 0. The van der Waals surface area contributed by atoms with Crippen LogP contribution in [0.25, 0.3) is 5.82 Å². The molecule has 0 fully saturated rings. The van der Waals surface area contributed by atoms with E-state index in [1.54, 1.807) is 37.3 Å². The molecule has 0 aliphatic rings. The Morgan fingerprint density at radius 2 is 1.93 bits per heavy atom. The molecule has 2 heterocycles. The van der Waals surface area contributed by atoms with Crippen molar-refractivity contribution in [3.63, 3.8) is 0 Å². The first-order valence-corrected chi connectivity index (χ1v) is 9.17. The van der Waals surface area contributed by atoms with Crippen LogP contribution in [0, 0.1) is 0 Å². The molecule has 0 saturated heterocycles. The number of amides is 1. The fourth-order valence-corrected chi connectivity index (χ4v) is 2.51. The van der Waals surface area contributed by atoms with Crippen LogP contribution in [0.4, 0.5) is 0 Å². The lowest BCUT2D eigenvalue weighted by atomic mass is 10.3. The molecule has 29 heavy (non-hydrogen) atoms. The molecule has 0 saturated carbocycles. The Kier molecular flexibility index (Phi) is 6.56. The van der Waals surface area contributed by atoms with Crippen molar-refractivity contribution in [3.8, 4) is 17.3 Å². The maximum Gasteiger partial charge on any atom is 0.266 e. The Labute approximate surface area is 167 Å². The summed E-state index contributed by atoms with van der Waals surface area (Å²) in [4.78, 5) is 28.1. The van der Waals surface area contributed by atoms with Crippen LogP contribution < -0.4 is 20.3 Å². The molecule has 1 atom stereocenters. The van der Waals surface area contributed by atoms with E-state index >= 15 is 0 Å². The van der Waals surface area contributed by atoms with Crippen molar-refractivity contribution in [1.82, 2.24) is 29.9 Å². The van der Waals surface area contributed by atoms with Crippen LogP contribution >= 0.6 is 0 Å². The first-order chi connectivity index (χ1) is 14.1. The number of carbonyl (C=O) groups excluding carboxylic acids is 1. The summed E-state index contributed by atoms with van der Waals surface area (Å²) in [5.41, 5.74) is -0.276. The van der Waals surface area contributed by atoms with Crippen molar-refractivity contribution in [1.29, 1.82) is 0 Å². The molecule has 0 bridgehead atoms. The SMILES string of the molecule is CCOc1ccc(OC(C)C(=O)NCCn2nc(-n3cncn3)ccc2=O)cc1. The quantitative estimate of drug-likeness (QED) is 0.567. The smallest absolute Gasteiger partial charge is 0.266 e. The minimum absolute atomic E-state index is 0.211. The number of hydrogen-bond donors (Lipinski definition) is 1. The van der Waals surface area contributed by atoms with E-state index in [0.29, 0.717) is 18.2 Å². The van der Waals surface area contributed by atoms with Crippen LogP contribution in [0.3, 0.4) is 0 Å². The molecule has 1 unspecified atom stereocenters. The highest BCUT2D eigenvalue weighted by Gasteiger charge is 2.14. The van der Waals surface area contributed by atoms with Gasteiger partial charge in [0.2, 0.25) is 0 Å². The number of hydrogen-bond acceptors (Lipinski definition) is 7. The van der Waals surface area contributed by atoms with Crippen molar-refractivity contribution >= 4 is 5.91 Å². The Bertz CT molecular complexity index is 985. The zero-order valence-electron chi connectivity index (χ0n) is 16.2. The summed E-state index contributed by atoms with van der Waals surface area (Å²) < 4.78 is 13.7. The van der Waals surface area contributed by atoms with Gasteiger partial charge in [-0.15, -0.1) is 5.10 Å². The summed E-state index contributed by atoms with van der Waals surface area (Å²) in [6.45, 7) is 4.58. The van der Waals surface area contributed by atoms with Gasteiger partial charge >= 0.3 is 0 Å². The van der Waals surface area contributed by atoms with Crippen LogP contribution in [0.1, 0.15) is 13.8 Å². The second-order valence-corrected chi connectivity index (χ2v) is 6.05. The molecule has 10 nitrogen and oxygen atoms in total. The van der Waals surface area contributed by atoms with Gasteiger partial charge in [-0.3, -0.25) is 9.59 Å². The average molecular weight is 398 g/mol. The van der Waals surface area contributed by atoms with Crippen molar-refractivity contribution in [2.24, 2.45) is 0 Å². The average Bonchev–Trinajstić information content (AvgIpc) is 3.26. The second-order valence-electron chi connectivity index (χ2n) is 6.05. The monoisotopic (exact) mass is 398 g/mol. The van der Waals surface area contributed by atoms with Crippen molar-refractivity contribution in [2.75, 3.05) is 13.2 Å². The van der Waals surface area contributed by atoms with E-state index in [-0.39, 0.29) is 24.6 Å². The molecule has 0 radical (unpaired) electrons.